The fourth-order valence-corrected chi connectivity index (χ4v) is 2.93. The number of ether oxygens (including phenoxy) is 1. The Labute approximate surface area is 175 Å². The molecule has 3 heterocycles. The van der Waals surface area contributed by atoms with Crippen LogP contribution in [-0.2, 0) is 22.6 Å². The molecule has 0 atom stereocenters. The molecule has 1 amide bonds. The number of hydrogen-bond donors (Lipinski definition) is 2. The molecule has 30 heavy (non-hydrogen) atoms. The van der Waals surface area contributed by atoms with Gasteiger partial charge in [0.25, 0.3) is 0 Å². The summed E-state index contributed by atoms with van der Waals surface area (Å²) in [5, 5.41) is 10.8. The average molecular weight is 412 g/mol. The molecule has 0 fully saturated rings. The predicted molar refractivity (Wildman–Crippen MR) is 116 cm³/mol. The van der Waals surface area contributed by atoms with Gasteiger partial charge < -0.3 is 20.3 Å². The number of nitrogens with zero attached hydrogens (tertiary/aromatic N) is 6. The van der Waals surface area contributed by atoms with Gasteiger partial charge in [0.2, 0.25) is 11.9 Å². The van der Waals surface area contributed by atoms with Crippen LogP contribution in [0.1, 0.15) is 25.1 Å². The van der Waals surface area contributed by atoms with Gasteiger partial charge >= 0.3 is 0 Å². The van der Waals surface area contributed by atoms with Gasteiger partial charge in [-0.1, -0.05) is 0 Å². The highest BCUT2D eigenvalue weighted by atomic mass is 16.5. The Hall–Kier alpha value is -3.27. The van der Waals surface area contributed by atoms with Crippen molar-refractivity contribution in [2.75, 3.05) is 37.5 Å². The molecule has 0 aliphatic carbocycles. The first kappa shape index (κ1) is 21.4. The van der Waals surface area contributed by atoms with Gasteiger partial charge in [-0.25, -0.2) is 9.97 Å². The van der Waals surface area contributed by atoms with Gasteiger partial charge in [0.05, 0.1) is 19.7 Å². The molecule has 3 aromatic heterocycles. The van der Waals surface area contributed by atoms with E-state index in [2.05, 4.69) is 15.6 Å². The summed E-state index contributed by atoms with van der Waals surface area (Å²) < 4.78 is 7.34. The molecule has 0 unspecified atom stereocenters. The summed E-state index contributed by atoms with van der Waals surface area (Å²) in [6, 6.07) is 3.88. The van der Waals surface area contributed by atoms with E-state index in [1.807, 2.05) is 49.7 Å². The van der Waals surface area contributed by atoms with E-state index in [4.69, 9.17) is 19.8 Å². The van der Waals surface area contributed by atoms with Crippen LogP contribution in [0.2, 0.25) is 0 Å². The highest BCUT2D eigenvalue weighted by molar-refractivity contribution is 5.90. The van der Waals surface area contributed by atoms with Gasteiger partial charge in [-0.3, -0.25) is 9.48 Å². The molecular formula is C20H28N8O2. The molecule has 10 heteroatoms. The van der Waals surface area contributed by atoms with Gasteiger partial charge in [-0.2, -0.15) is 10.1 Å². The molecule has 3 aromatic rings. The van der Waals surface area contributed by atoms with Crippen LogP contribution >= 0.6 is 0 Å². The highest BCUT2D eigenvalue weighted by Crippen LogP contribution is 2.28. The largest absolute Gasteiger partial charge is 0.380 e. The molecule has 0 bridgehead atoms. The molecule has 0 saturated heterocycles. The van der Waals surface area contributed by atoms with Crippen molar-refractivity contribution in [3.8, 4) is 0 Å². The highest BCUT2D eigenvalue weighted by Gasteiger charge is 2.20. The Morgan fingerprint density at radius 2 is 2.10 bits per heavy atom. The summed E-state index contributed by atoms with van der Waals surface area (Å²) in [7, 11) is 3.76. The van der Waals surface area contributed by atoms with Crippen molar-refractivity contribution in [1.29, 1.82) is 0 Å². The molecule has 160 valence electrons. The van der Waals surface area contributed by atoms with Crippen molar-refractivity contribution < 1.29 is 9.53 Å². The van der Waals surface area contributed by atoms with Crippen molar-refractivity contribution in [2.45, 2.75) is 33.9 Å². The summed E-state index contributed by atoms with van der Waals surface area (Å²) in [5.74, 6) is 1.68. The van der Waals surface area contributed by atoms with E-state index in [0.717, 1.165) is 11.1 Å². The van der Waals surface area contributed by atoms with Crippen molar-refractivity contribution >= 4 is 34.5 Å². The summed E-state index contributed by atoms with van der Waals surface area (Å²) >= 11 is 0. The maximum Gasteiger partial charge on any atom is 0.227 e. The minimum absolute atomic E-state index is 0.129. The number of aromatic nitrogens is 5. The summed E-state index contributed by atoms with van der Waals surface area (Å²) in [4.78, 5) is 27.1. The predicted octanol–water partition coefficient (Wildman–Crippen LogP) is 2.01. The third-order valence-electron chi connectivity index (χ3n) is 4.36. The van der Waals surface area contributed by atoms with Gasteiger partial charge in [0.1, 0.15) is 22.5 Å². The van der Waals surface area contributed by atoms with E-state index in [1.165, 1.54) is 6.92 Å². The quantitative estimate of drug-likeness (QED) is 0.514. The van der Waals surface area contributed by atoms with Crippen LogP contribution < -0.4 is 15.5 Å². The smallest absolute Gasteiger partial charge is 0.227 e. The summed E-state index contributed by atoms with van der Waals surface area (Å²) in [6.45, 7) is 7.37. The lowest BCUT2D eigenvalue weighted by molar-refractivity contribution is -0.119. The molecule has 0 aromatic carbocycles. The fourth-order valence-electron chi connectivity index (χ4n) is 2.93. The van der Waals surface area contributed by atoms with Gasteiger partial charge in [0, 0.05) is 33.8 Å². The number of pyridine rings is 1. The molecular weight excluding hydrogens is 384 g/mol. The van der Waals surface area contributed by atoms with E-state index in [-0.39, 0.29) is 12.5 Å². The van der Waals surface area contributed by atoms with Crippen LogP contribution in [0.4, 0.5) is 17.6 Å². The SMILES string of the molecule is CCOCCn1nc(CNC(C)=O)c2nc(N(C)C)nc(Nc3cc(C)ccn3)c21. The normalized spacial score (nSPS) is 11.0. The first-order chi connectivity index (χ1) is 14.4. The van der Waals surface area contributed by atoms with E-state index in [9.17, 15) is 4.79 Å². The van der Waals surface area contributed by atoms with Crippen molar-refractivity contribution in [3.05, 3.63) is 29.6 Å². The third kappa shape index (κ3) is 5.01. The Kier molecular flexibility index (Phi) is 6.78. The minimum Gasteiger partial charge on any atom is -0.380 e. The number of carbonyl (C=O) groups excluding carboxylic acids is 1. The zero-order valence-corrected chi connectivity index (χ0v) is 18.1. The Morgan fingerprint density at radius 3 is 2.77 bits per heavy atom. The third-order valence-corrected chi connectivity index (χ3v) is 4.36. The number of nitrogens with one attached hydrogen (secondary N) is 2. The number of rotatable bonds is 9. The first-order valence-electron chi connectivity index (χ1n) is 9.85. The second kappa shape index (κ2) is 9.49. The molecule has 2 N–H and O–H groups in total. The minimum atomic E-state index is -0.129. The second-order valence-corrected chi connectivity index (χ2v) is 7.08. The zero-order valence-electron chi connectivity index (χ0n) is 18.1. The number of amides is 1. The summed E-state index contributed by atoms with van der Waals surface area (Å²) in [6.07, 6.45) is 1.75. The van der Waals surface area contributed by atoms with Crippen LogP contribution in [0.25, 0.3) is 11.0 Å². The van der Waals surface area contributed by atoms with Crippen LogP contribution in [0, 0.1) is 6.92 Å². The van der Waals surface area contributed by atoms with Crippen LogP contribution in [0.15, 0.2) is 18.3 Å². The lowest BCUT2D eigenvalue weighted by Gasteiger charge is -2.14. The Balaban J connectivity index is 2.13. The monoisotopic (exact) mass is 412 g/mol. The maximum absolute atomic E-state index is 11.5. The standard InChI is InChI=1S/C20H28N8O2/c1-6-30-10-9-28-18-17(15(26-28)12-22-14(3)29)24-20(27(4)5)25-19(18)23-16-11-13(2)7-8-21-16/h7-8,11H,6,9-10,12H2,1-5H3,(H,22,29)(H,21,23,24,25). The molecule has 0 radical (unpaired) electrons. The van der Waals surface area contributed by atoms with Crippen molar-refractivity contribution in [1.82, 2.24) is 30.0 Å². The van der Waals surface area contributed by atoms with Crippen molar-refractivity contribution in [2.24, 2.45) is 0 Å². The molecule has 10 nitrogen and oxygen atoms in total. The van der Waals surface area contributed by atoms with Crippen LogP contribution in [0.3, 0.4) is 0 Å². The van der Waals surface area contributed by atoms with Crippen LogP contribution in [0.5, 0.6) is 0 Å². The van der Waals surface area contributed by atoms with E-state index < -0.39 is 0 Å². The number of anilines is 3. The van der Waals surface area contributed by atoms with E-state index in [1.54, 1.807) is 6.20 Å². The lowest BCUT2D eigenvalue weighted by Crippen LogP contribution is -2.20. The van der Waals surface area contributed by atoms with Crippen molar-refractivity contribution in [3.63, 3.8) is 0 Å². The average Bonchev–Trinajstić information content (AvgIpc) is 3.04. The van der Waals surface area contributed by atoms with E-state index in [0.29, 0.717) is 48.6 Å². The second-order valence-electron chi connectivity index (χ2n) is 7.08. The van der Waals surface area contributed by atoms with Gasteiger partial charge in [-0.15, -0.1) is 0 Å². The lowest BCUT2D eigenvalue weighted by atomic mass is 10.3. The number of aryl methyl sites for hydroxylation is 1. The molecule has 0 aliphatic rings. The number of carbonyl (C=O) groups is 1. The molecule has 0 saturated carbocycles. The van der Waals surface area contributed by atoms with Gasteiger partial charge in [0.15, 0.2) is 5.82 Å². The van der Waals surface area contributed by atoms with E-state index >= 15 is 0 Å². The molecule has 3 rings (SSSR count). The van der Waals surface area contributed by atoms with Gasteiger partial charge in [-0.05, 0) is 31.5 Å². The van der Waals surface area contributed by atoms with Crippen LogP contribution in [-0.4, -0.2) is 57.9 Å². The number of hydrogen-bond acceptors (Lipinski definition) is 8. The first-order valence-corrected chi connectivity index (χ1v) is 9.85. The maximum atomic E-state index is 11.5. The summed E-state index contributed by atoms with van der Waals surface area (Å²) in [5.41, 5.74) is 3.17. The topological polar surface area (TPSA) is 110 Å². The molecule has 0 aliphatic heterocycles. The number of fused-ring (bicyclic) bond motifs is 1. The Morgan fingerprint density at radius 1 is 1.30 bits per heavy atom. The fraction of sp³-hybridized carbons (Fsp3) is 0.450. The Bertz CT molecular complexity index is 1030. The molecule has 0 spiro atoms. The zero-order chi connectivity index (χ0) is 21.7.